The summed E-state index contributed by atoms with van der Waals surface area (Å²) in [7, 11) is -1.45. The van der Waals surface area contributed by atoms with Crippen molar-refractivity contribution < 1.29 is 14.1 Å². The average Bonchev–Trinajstić information content (AvgIpc) is 2.43. The molecule has 0 radical (unpaired) electrons. The third kappa shape index (κ3) is 3.98. The predicted molar refractivity (Wildman–Crippen MR) is 85.0 cm³/mol. The van der Waals surface area contributed by atoms with E-state index in [0.717, 1.165) is 0 Å². The Balaban J connectivity index is 2.30. The van der Waals surface area contributed by atoms with Crippen molar-refractivity contribution in [1.82, 2.24) is 0 Å². The summed E-state index contributed by atoms with van der Waals surface area (Å²) in [5, 5.41) is 10.1. The zero-order valence-electron chi connectivity index (χ0n) is 10.5. The van der Waals surface area contributed by atoms with E-state index in [1.54, 1.807) is 18.2 Å². The van der Waals surface area contributed by atoms with Crippen LogP contribution in [0.4, 0.5) is 0 Å². The van der Waals surface area contributed by atoms with Crippen LogP contribution in [0.25, 0.3) is 0 Å². The normalized spacial score (nSPS) is 12.1. The highest BCUT2D eigenvalue weighted by Gasteiger charge is 2.14. The number of carbonyl (C=O) groups is 1. The Bertz CT molecular complexity index is 731. The molecule has 1 N–H and O–H groups in total. The van der Waals surface area contributed by atoms with Gasteiger partial charge in [-0.1, -0.05) is 34.8 Å². The maximum atomic E-state index is 12.3. The lowest BCUT2D eigenvalue weighted by atomic mass is 10.2. The minimum absolute atomic E-state index is 0.0836. The first-order chi connectivity index (χ1) is 9.88. The number of rotatable bonds is 4. The fraction of sp³-hybridized carbons (Fsp3) is 0.0714. The number of benzene rings is 2. The van der Waals surface area contributed by atoms with E-state index in [2.05, 4.69) is 0 Å². The summed E-state index contributed by atoms with van der Waals surface area (Å²) in [6.45, 7) is 0. The zero-order chi connectivity index (χ0) is 15.6. The summed E-state index contributed by atoms with van der Waals surface area (Å²) in [6.07, 6.45) is 0. The first kappa shape index (κ1) is 16.3. The third-order valence-electron chi connectivity index (χ3n) is 2.73. The number of hydrogen-bond donors (Lipinski definition) is 1. The molecule has 0 saturated carbocycles. The topological polar surface area (TPSA) is 54.4 Å². The molecule has 0 bridgehead atoms. The number of carboxylic acids is 1. The third-order valence-corrected chi connectivity index (χ3v) is 5.01. The van der Waals surface area contributed by atoms with Gasteiger partial charge in [-0.05, 0) is 42.0 Å². The Morgan fingerprint density at radius 1 is 1.05 bits per heavy atom. The van der Waals surface area contributed by atoms with Crippen molar-refractivity contribution >= 4 is 51.6 Å². The van der Waals surface area contributed by atoms with Crippen LogP contribution in [0.2, 0.25) is 15.1 Å². The van der Waals surface area contributed by atoms with Gasteiger partial charge in [0.25, 0.3) is 0 Å². The van der Waals surface area contributed by atoms with Gasteiger partial charge in [-0.3, -0.25) is 4.21 Å². The van der Waals surface area contributed by atoms with Crippen molar-refractivity contribution in [3.8, 4) is 0 Å². The minimum Gasteiger partial charge on any atom is -0.478 e. The molecule has 3 nitrogen and oxygen atoms in total. The quantitative estimate of drug-likeness (QED) is 0.860. The molecule has 0 aliphatic heterocycles. The minimum atomic E-state index is -1.45. The molecule has 0 saturated heterocycles. The summed E-state index contributed by atoms with van der Waals surface area (Å²) in [6, 6.07) is 9.15. The smallest absolute Gasteiger partial charge is 0.337 e. The van der Waals surface area contributed by atoms with Crippen LogP contribution >= 0.6 is 34.8 Å². The molecular formula is C14H9Cl3O3S. The molecule has 0 aliphatic carbocycles. The van der Waals surface area contributed by atoms with Gasteiger partial charge in [0.05, 0.1) is 27.1 Å². The van der Waals surface area contributed by atoms with E-state index in [9.17, 15) is 9.00 Å². The molecule has 0 aromatic heterocycles. The Kier molecular flexibility index (Phi) is 5.27. The molecule has 7 heteroatoms. The molecular weight excluding hydrogens is 355 g/mol. The Morgan fingerprint density at radius 2 is 1.71 bits per heavy atom. The van der Waals surface area contributed by atoms with E-state index in [0.29, 0.717) is 20.5 Å². The van der Waals surface area contributed by atoms with Crippen molar-refractivity contribution in [3.63, 3.8) is 0 Å². The van der Waals surface area contributed by atoms with E-state index in [-0.39, 0.29) is 16.3 Å². The van der Waals surface area contributed by atoms with Crippen LogP contribution in [0.5, 0.6) is 0 Å². The lowest BCUT2D eigenvalue weighted by molar-refractivity contribution is 0.0697. The zero-order valence-corrected chi connectivity index (χ0v) is 13.6. The highest BCUT2D eigenvalue weighted by molar-refractivity contribution is 7.84. The SMILES string of the molecule is O=C(O)c1cc(S(=O)Cc2cc(Cl)ccc2Cl)ccc1Cl. The van der Waals surface area contributed by atoms with Crippen molar-refractivity contribution in [2.24, 2.45) is 0 Å². The van der Waals surface area contributed by atoms with E-state index < -0.39 is 16.8 Å². The number of aromatic carboxylic acids is 1. The molecule has 21 heavy (non-hydrogen) atoms. The number of carboxylic acid groups (broad SMARTS) is 1. The molecule has 110 valence electrons. The predicted octanol–water partition coefficient (Wildman–Crippen LogP) is 4.65. The van der Waals surface area contributed by atoms with E-state index in [1.165, 1.54) is 18.2 Å². The van der Waals surface area contributed by atoms with Crippen molar-refractivity contribution in [2.45, 2.75) is 10.6 Å². The van der Waals surface area contributed by atoms with E-state index in [4.69, 9.17) is 39.9 Å². The van der Waals surface area contributed by atoms with Crippen LogP contribution < -0.4 is 0 Å². The molecule has 0 aliphatic rings. The van der Waals surface area contributed by atoms with Gasteiger partial charge in [0.1, 0.15) is 0 Å². The van der Waals surface area contributed by atoms with Gasteiger partial charge in [-0.15, -0.1) is 0 Å². The van der Waals surface area contributed by atoms with Crippen LogP contribution in [-0.2, 0) is 16.6 Å². The van der Waals surface area contributed by atoms with Crippen molar-refractivity contribution in [1.29, 1.82) is 0 Å². The van der Waals surface area contributed by atoms with Gasteiger partial charge in [0.2, 0.25) is 0 Å². The van der Waals surface area contributed by atoms with Gasteiger partial charge < -0.3 is 5.11 Å². The molecule has 1 atom stereocenters. The van der Waals surface area contributed by atoms with Crippen LogP contribution in [0, 0.1) is 0 Å². The van der Waals surface area contributed by atoms with Crippen LogP contribution in [0.3, 0.4) is 0 Å². The summed E-state index contributed by atoms with van der Waals surface area (Å²) in [4.78, 5) is 11.4. The molecule has 0 fully saturated rings. The second-order valence-corrected chi connectivity index (χ2v) is 6.87. The molecule has 2 aromatic carbocycles. The lowest BCUT2D eigenvalue weighted by Gasteiger charge is -2.07. The van der Waals surface area contributed by atoms with Crippen LogP contribution in [-0.4, -0.2) is 15.3 Å². The fourth-order valence-electron chi connectivity index (χ4n) is 1.69. The highest BCUT2D eigenvalue weighted by atomic mass is 35.5. The van der Waals surface area contributed by atoms with Crippen LogP contribution in [0.15, 0.2) is 41.3 Å². The maximum Gasteiger partial charge on any atom is 0.337 e. The first-order valence-electron chi connectivity index (χ1n) is 5.73. The van der Waals surface area contributed by atoms with Crippen molar-refractivity contribution in [2.75, 3.05) is 0 Å². The molecule has 2 aromatic rings. The monoisotopic (exact) mass is 362 g/mol. The lowest BCUT2D eigenvalue weighted by Crippen LogP contribution is -2.02. The molecule has 1 unspecified atom stereocenters. The fourth-order valence-corrected chi connectivity index (χ4v) is 3.50. The number of halogens is 3. The highest BCUT2D eigenvalue weighted by Crippen LogP contribution is 2.25. The second-order valence-electron chi connectivity index (χ2n) is 4.17. The van der Waals surface area contributed by atoms with Crippen LogP contribution in [0.1, 0.15) is 15.9 Å². The largest absolute Gasteiger partial charge is 0.478 e. The molecule has 2 rings (SSSR count). The van der Waals surface area contributed by atoms with E-state index >= 15 is 0 Å². The summed E-state index contributed by atoms with van der Waals surface area (Å²) in [5.41, 5.74) is 0.550. The van der Waals surface area contributed by atoms with Gasteiger partial charge >= 0.3 is 5.97 Å². The van der Waals surface area contributed by atoms with Gasteiger partial charge in [0.15, 0.2) is 0 Å². The molecule has 0 amide bonds. The Hall–Kier alpha value is -1.07. The molecule has 0 heterocycles. The average molecular weight is 364 g/mol. The second kappa shape index (κ2) is 6.79. The summed E-state index contributed by atoms with van der Waals surface area (Å²) >= 11 is 17.7. The number of hydrogen-bond acceptors (Lipinski definition) is 2. The first-order valence-corrected chi connectivity index (χ1v) is 8.19. The Labute approximate surface area is 138 Å². The van der Waals surface area contributed by atoms with Gasteiger partial charge in [0, 0.05) is 14.9 Å². The maximum absolute atomic E-state index is 12.3. The summed E-state index contributed by atoms with van der Waals surface area (Å²) < 4.78 is 12.3. The summed E-state index contributed by atoms with van der Waals surface area (Å²) in [5.74, 6) is -1.03. The standard InChI is InChI=1S/C14H9Cl3O3S/c15-9-1-3-12(16)8(5-9)7-21(20)10-2-4-13(17)11(6-10)14(18)19/h1-6H,7H2,(H,18,19). The molecule has 0 spiro atoms. The van der Waals surface area contributed by atoms with E-state index in [1.807, 2.05) is 0 Å². The van der Waals surface area contributed by atoms with Gasteiger partial charge in [-0.25, -0.2) is 4.79 Å². The Morgan fingerprint density at radius 3 is 2.38 bits per heavy atom. The van der Waals surface area contributed by atoms with Crippen molar-refractivity contribution in [3.05, 3.63) is 62.6 Å². The van der Waals surface area contributed by atoms with Gasteiger partial charge in [-0.2, -0.15) is 0 Å².